The van der Waals surface area contributed by atoms with Crippen LogP contribution in [0.5, 0.6) is 0 Å². The molecule has 0 spiro atoms. The average Bonchev–Trinajstić information content (AvgIpc) is 2.85. The number of aliphatic hydroxyl groups excluding tert-OH is 1. The lowest BCUT2D eigenvalue weighted by atomic mass is 10.4. The highest BCUT2D eigenvalue weighted by atomic mass is 16.4. The Bertz CT molecular complexity index is 527. The van der Waals surface area contributed by atoms with Crippen molar-refractivity contribution in [3.05, 3.63) is 30.3 Å². The molecule has 102 valence electrons. The Balaban J connectivity index is 2.09. The lowest BCUT2D eigenvalue weighted by Gasteiger charge is -2.15. The Morgan fingerprint density at radius 1 is 1.37 bits per heavy atom. The largest absolute Gasteiger partial charge is 0.445 e. The number of furan rings is 1. The molecular formula is C13H18N4O2. The van der Waals surface area contributed by atoms with E-state index in [1.165, 1.54) is 6.33 Å². The standard InChI is InChI=1S/C13H18N4O2/c1-10-4-5-13(19-10)17(2)12-8-11(15-9-16-12)14-6-3-7-18/h4-5,8-9,18H,3,6-7H2,1-2H3,(H,14,15,16). The van der Waals surface area contributed by atoms with Crippen LogP contribution in [0.2, 0.25) is 0 Å². The zero-order valence-electron chi connectivity index (χ0n) is 11.1. The van der Waals surface area contributed by atoms with E-state index in [1.54, 1.807) is 0 Å². The van der Waals surface area contributed by atoms with Crippen molar-refractivity contribution >= 4 is 17.5 Å². The van der Waals surface area contributed by atoms with Gasteiger partial charge in [-0.1, -0.05) is 0 Å². The smallest absolute Gasteiger partial charge is 0.200 e. The molecule has 2 N–H and O–H groups in total. The number of hydrogen-bond acceptors (Lipinski definition) is 6. The number of aromatic nitrogens is 2. The van der Waals surface area contributed by atoms with E-state index in [0.29, 0.717) is 13.0 Å². The van der Waals surface area contributed by atoms with Gasteiger partial charge >= 0.3 is 0 Å². The van der Waals surface area contributed by atoms with Gasteiger partial charge in [0.1, 0.15) is 23.7 Å². The molecule has 0 saturated carbocycles. The van der Waals surface area contributed by atoms with Gasteiger partial charge in [0.25, 0.3) is 0 Å². The number of anilines is 3. The molecule has 2 aromatic heterocycles. The van der Waals surface area contributed by atoms with Crippen LogP contribution in [0.1, 0.15) is 12.2 Å². The molecule has 0 aliphatic carbocycles. The third kappa shape index (κ3) is 3.45. The molecule has 0 aromatic carbocycles. The third-order valence-corrected chi connectivity index (χ3v) is 2.69. The fourth-order valence-corrected chi connectivity index (χ4v) is 1.64. The maximum Gasteiger partial charge on any atom is 0.200 e. The van der Waals surface area contributed by atoms with Gasteiger partial charge in [0.2, 0.25) is 5.88 Å². The van der Waals surface area contributed by atoms with Gasteiger partial charge in [0, 0.05) is 32.3 Å². The van der Waals surface area contributed by atoms with Gasteiger partial charge in [-0.15, -0.1) is 0 Å². The second-order valence-corrected chi connectivity index (χ2v) is 4.21. The molecule has 2 heterocycles. The van der Waals surface area contributed by atoms with E-state index in [-0.39, 0.29) is 6.61 Å². The quantitative estimate of drug-likeness (QED) is 0.775. The topological polar surface area (TPSA) is 74.4 Å². The summed E-state index contributed by atoms with van der Waals surface area (Å²) in [4.78, 5) is 10.2. The van der Waals surface area contributed by atoms with E-state index in [0.717, 1.165) is 23.3 Å². The summed E-state index contributed by atoms with van der Waals surface area (Å²) in [6.45, 7) is 2.74. The molecule has 0 amide bonds. The summed E-state index contributed by atoms with van der Waals surface area (Å²) in [6.07, 6.45) is 2.19. The third-order valence-electron chi connectivity index (χ3n) is 2.69. The van der Waals surface area contributed by atoms with Crippen LogP contribution in [0.15, 0.2) is 28.9 Å². The fourth-order valence-electron chi connectivity index (χ4n) is 1.64. The van der Waals surface area contributed by atoms with Crippen LogP contribution in [0, 0.1) is 6.92 Å². The highest BCUT2D eigenvalue weighted by molar-refractivity contribution is 5.57. The van der Waals surface area contributed by atoms with Gasteiger partial charge in [-0.25, -0.2) is 9.97 Å². The SMILES string of the molecule is Cc1ccc(N(C)c2cc(NCCCO)ncn2)o1. The van der Waals surface area contributed by atoms with Crippen LogP contribution in [-0.2, 0) is 0 Å². The highest BCUT2D eigenvalue weighted by Gasteiger charge is 2.09. The molecule has 6 nitrogen and oxygen atoms in total. The van der Waals surface area contributed by atoms with E-state index in [4.69, 9.17) is 9.52 Å². The number of rotatable bonds is 6. The lowest BCUT2D eigenvalue weighted by molar-refractivity contribution is 0.292. The molecule has 0 unspecified atom stereocenters. The van der Waals surface area contributed by atoms with Crippen LogP contribution >= 0.6 is 0 Å². The van der Waals surface area contributed by atoms with Gasteiger partial charge in [-0.3, -0.25) is 4.90 Å². The zero-order chi connectivity index (χ0) is 13.7. The Morgan fingerprint density at radius 3 is 2.89 bits per heavy atom. The van der Waals surface area contributed by atoms with E-state index in [9.17, 15) is 0 Å². The van der Waals surface area contributed by atoms with Crippen LogP contribution in [0.4, 0.5) is 17.5 Å². The van der Waals surface area contributed by atoms with Crippen molar-refractivity contribution in [2.24, 2.45) is 0 Å². The summed E-state index contributed by atoms with van der Waals surface area (Å²) in [5.41, 5.74) is 0. The first-order valence-corrected chi connectivity index (χ1v) is 6.17. The second-order valence-electron chi connectivity index (χ2n) is 4.21. The number of aliphatic hydroxyl groups is 1. The molecule has 0 aliphatic rings. The summed E-state index contributed by atoms with van der Waals surface area (Å²) in [7, 11) is 1.89. The van der Waals surface area contributed by atoms with E-state index >= 15 is 0 Å². The molecule has 0 fully saturated rings. The van der Waals surface area contributed by atoms with Crippen molar-refractivity contribution in [2.45, 2.75) is 13.3 Å². The minimum absolute atomic E-state index is 0.163. The molecule has 2 rings (SSSR count). The van der Waals surface area contributed by atoms with Gasteiger partial charge in [-0.2, -0.15) is 0 Å². The molecule has 0 aliphatic heterocycles. The highest BCUT2D eigenvalue weighted by Crippen LogP contribution is 2.24. The molecule has 2 aromatic rings. The first-order valence-electron chi connectivity index (χ1n) is 6.17. The predicted molar refractivity (Wildman–Crippen MR) is 73.7 cm³/mol. The molecule has 0 atom stereocenters. The molecule has 6 heteroatoms. The van der Waals surface area contributed by atoms with E-state index < -0.39 is 0 Å². The Morgan fingerprint density at radius 2 is 2.21 bits per heavy atom. The molecule has 19 heavy (non-hydrogen) atoms. The monoisotopic (exact) mass is 262 g/mol. The predicted octanol–water partition coefficient (Wildman–Crippen LogP) is 1.94. The Kier molecular flexibility index (Phi) is 4.35. The maximum absolute atomic E-state index is 8.74. The van der Waals surface area contributed by atoms with Crippen molar-refractivity contribution in [1.29, 1.82) is 0 Å². The minimum atomic E-state index is 0.163. The summed E-state index contributed by atoms with van der Waals surface area (Å²) < 4.78 is 5.55. The van der Waals surface area contributed by atoms with Crippen molar-refractivity contribution in [3.8, 4) is 0 Å². The summed E-state index contributed by atoms with van der Waals surface area (Å²) >= 11 is 0. The van der Waals surface area contributed by atoms with Crippen LogP contribution in [0.25, 0.3) is 0 Å². The molecular weight excluding hydrogens is 244 g/mol. The van der Waals surface area contributed by atoms with E-state index in [2.05, 4.69) is 15.3 Å². The number of hydrogen-bond donors (Lipinski definition) is 2. The Hall–Kier alpha value is -2.08. The van der Waals surface area contributed by atoms with Gasteiger partial charge in [-0.05, 0) is 19.4 Å². The molecule has 0 radical (unpaired) electrons. The summed E-state index contributed by atoms with van der Waals surface area (Å²) in [6, 6.07) is 5.65. The van der Waals surface area contributed by atoms with Crippen LogP contribution in [-0.4, -0.2) is 35.3 Å². The summed E-state index contributed by atoms with van der Waals surface area (Å²) in [5.74, 6) is 3.07. The Labute approximate surface area is 112 Å². The fraction of sp³-hybridized carbons (Fsp3) is 0.385. The van der Waals surface area contributed by atoms with Crippen molar-refractivity contribution < 1.29 is 9.52 Å². The van der Waals surface area contributed by atoms with E-state index in [1.807, 2.05) is 37.1 Å². The molecule has 0 bridgehead atoms. The maximum atomic E-state index is 8.74. The minimum Gasteiger partial charge on any atom is -0.445 e. The van der Waals surface area contributed by atoms with Gasteiger partial charge < -0.3 is 14.8 Å². The first-order chi connectivity index (χ1) is 9.20. The zero-order valence-corrected chi connectivity index (χ0v) is 11.1. The van der Waals surface area contributed by atoms with Crippen LogP contribution in [0.3, 0.4) is 0 Å². The van der Waals surface area contributed by atoms with Crippen molar-refractivity contribution in [1.82, 2.24) is 9.97 Å². The average molecular weight is 262 g/mol. The number of aryl methyl sites for hydroxylation is 1. The van der Waals surface area contributed by atoms with Crippen LogP contribution < -0.4 is 10.2 Å². The second kappa shape index (κ2) is 6.19. The van der Waals surface area contributed by atoms with Crippen molar-refractivity contribution in [2.75, 3.05) is 30.4 Å². The number of nitrogens with one attached hydrogen (secondary N) is 1. The lowest BCUT2D eigenvalue weighted by Crippen LogP contribution is -2.12. The summed E-state index contributed by atoms with van der Waals surface area (Å²) in [5, 5.41) is 11.9. The molecule has 0 saturated heterocycles. The van der Waals surface area contributed by atoms with Gasteiger partial charge in [0.15, 0.2) is 0 Å². The number of nitrogens with zero attached hydrogens (tertiary/aromatic N) is 3. The first kappa shape index (κ1) is 13.4. The normalized spacial score (nSPS) is 10.5. The van der Waals surface area contributed by atoms with Crippen molar-refractivity contribution in [3.63, 3.8) is 0 Å². The van der Waals surface area contributed by atoms with Gasteiger partial charge in [0.05, 0.1) is 0 Å².